The summed E-state index contributed by atoms with van der Waals surface area (Å²) in [6.07, 6.45) is 1.84. The first-order chi connectivity index (χ1) is 6.74. The molecule has 1 fully saturated rings. The van der Waals surface area contributed by atoms with Crippen molar-refractivity contribution in [3.8, 4) is 0 Å². The minimum Gasteiger partial charge on any atom is -0.390 e. The summed E-state index contributed by atoms with van der Waals surface area (Å²) in [6.45, 7) is 1.90. The molecule has 1 aromatic heterocycles. The van der Waals surface area contributed by atoms with Crippen LogP contribution >= 0.6 is 36.2 Å². The van der Waals surface area contributed by atoms with Gasteiger partial charge in [0.05, 0.1) is 17.8 Å². The number of aromatic nitrogens is 1. The van der Waals surface area contributed by atoms with E-state index in [0.29, 0.717) is 0 Å². The van der Waals surface area contributed by atoms with Crippen molar-refractivity contribution in [1.82, 2.24) is 10.3 Å². The van der Waals surface area contributed by atoms with Gasteiger partial charge in [0.2, 0.25) is 0 Å². The first-order valence-corrected chi connectivity index (χ1v) is 5.68. The van der Waals surface area contributed by atoms with Gasteiger partial charge in [-0.15, -0.1) is 36.2 Å². The fourth-order valence-corrected chi connectivity index (χ4v) is 2.68. The summed E-state index contributed by atoms with van der Waals surface area (Å²) in [6, 6.07) is 0. The predicted octanol–water partition coefficient (Wildman–Crippen LogP) is 1.02. The van der Waals surface area contributed by atoms with Crippen molar-refractivity contribution in [3.05, 3.63) is 16.1 Å². The lowest BCUT2D eigenvalue weighted by Crippen LogP contribution is -2.46. The summed E-state index contributed by atoms with van der Waals surface area (Å²) in [5, 5.41) is 15.0. The van der Waals surface area contributed by atoms with Crippen LogP contribution in [0, 0.1) is 0 Å². The van der Waals surface area contributed by atoms with E-state index in [0.717, 1.165) is 36.6 Å². The van der Waals surface area contributed by atoms with Crippen LogP contribution in [0.4, 0.5) is 0 Å². The number of halogens is 2. The standard InChI is InChI=1S/C9H15N3OS.2ClH/c10-9(1-3-11-4-2-9)8-12-7(5-13)6-14-8;;/h6,11,13H,1-5,10H2;2*1H. The molecule has 2 heterocycles. The Morgan fingerprint density at radius 1 is 1.44 bits per heavy atom. The quantitative estimate of drug-likeness (QED) is 0.759. The van der Waals surface area contributed by atoms with Crippen molar-refractivity contribution in [2.75, 3.05) is 13.1 Å². The molecule has 1 aliphatic rings. The lowest BCUT2D eigenvalue weighted by atomic mass is 9.90. The van der Waals surface area contributed by atoms with Gasteiger partial charge >= 0.3 is 0 Å². The Balaban J connectivity index is 0.00000112. The first kappa shape index (κ1) is 16.1. The Bertz CT molecular complexity index is 315. The van der Waals surface area contributed by atoms with E-state index in [9.17, 15) is 0 Å². The van der Waals surface area contributed by atoms with E-state index < -0.39 is 0 Å². The van der Waals surface area contributed by atoms with Gasteiger partial charge in [-0.25, -0.2) is 4.98 Å². The van der Waals surface area contributed by atoms with Crippen LogP contribution in [-0.4, -0.2) is 23.2 Å². The summed E-state index contributed by atoms with van der Waals surface area (Å²) in [7, 11) is 0. The first-order valence-electron chi connectivity index (χ1n) is 4.80. The molecule has 0 atom stereocenters. The van der Waals surface area contributed by atoms with Crippen LogP contribution in [0.2, 0.25) is 0 Å². The molecule has 16 heavy (non-hydrogen) atoms. The van der Waals surface area contributed by atoms with Crippen molar-refractivity contribution < 1.29 is 5.11 Å². The van der Waals surface area contributed by atoms with Crippen LogP contribution in [0.15, 0.2) is 5.38 Å². The summed E-state index contributed by atoms with van der Waals surface area (Å²) in [5.41, 5.74) is 6.73. The van der Waals surface area contributed by atoms with Crippen molar-refractivity contribution in [2.45, 2.75) is 25.0 Å². The minimum atomic E-state index is -0.274. The average Bonchev–Trinajstić information content (AvgIpc) is 2.67. The Morgan fingerprint density at radius 2 is 2.06 bits per heavy atom. The highest BCUT2D eigenvalue weighted by atomic mass is 35.5. The molecule has 1 aromatic rings. The maximum absolute atomic E-state index is 8.92. The molecule has 0 radical (unpaired) electrons. The van der Waals surface area contributed by atoms with Crippen molar-refractivity contribution in [3.63, 3.8) is 0 Å². The zero-order valence-corrected chi connectivity index (χ0v) is 11.3. The lowest BCUT2D eigenvalue weighted by Gasteiger charge is -2.31. The van der Waals surface area contributed by atoms with Crippen molar-refractivity contribution in [1.29, 1.82) is 0 Å². The number of nitrogens with one attached hydrogen (secondary N) is 1. The van der Waals surface area contributed by atoms with E-state index in [-0.39, 0.29) is 37.0 Å². The van der Waals surface area contributed by atoms with E-state index >= 15 is 0 Å². The Morgan fingerprint density at radius 3 is 2.56 bits per heavy atom. The van der Waals surface area contributed by atoms with E-state index in [1.165, 1.54) is 0 Å². The Labute approximate surface area is 111 Å². The third-order valence-corrected chi connectivity index (χ3v) is 3.75. The summed E-state index contributed by atoms with van der Waals surface area (Å²) in [5.74, 6) is 0. The van der Waals surface area contributed by atoms with E-state index in [4.69, 9.17) is 10.8 Å². The summed E-state index contributed by atoms with van der Waals surface area (Å²) in [4.78, 5) is 4.34. The van der Waals surface area contributed by atoms with Crippen molar-refractivity contribution in [2.24, 2.45) is 5.73 Å². The molecule has 4 N–H and O–H groups in total. The highest BCUT2D eigenvalue weighted by Gasteiger charge is 2.32. The molecule has 7 heteroatoms. The van der Waals surface area contributed by atoms with Crippen LogP contribution in [0.1, 0.15) is 23.5 Å². The van der Waals surface area contributed by atoms with Gasteiger partial charge in [0, 0.05) is 5.38 Å². The number of thiazole rings is 1. The fourth-order valence-electron chi connectivity index (χ4n) is 1.70. The SMILES string of the molecule is Cl.Cl.NC1(c2nc(CO)cs2)CCNCC1. The number of aliphatic hydroxyl groups is 1. The molecule has 0 aliphatic carbocycles. The Kier molecular flexibility index (Phi) is 6.77. The molecule has 0 saturated carbocycles. The lowest BCUT2D eigenvalue weighted by molar-refractivity contribution is 0.274. The highest BCUT2D eigenvalue weighted by Crippen LogP contribution is 2.30. The van der Waals surface area contributed by atoms with Gasteiger partial charge in [-0.2, -0.15) is 0 Å². The third-order valence-electron chi connectivity index (χ3n) is 2.64. The van der Waals surface area contributed by atoms with Crippen LogP contribution < -0.4 is 11.1 Å². The number of rotatable bonds is 2. The molecule has 0 unspecified atom stereocenters. The molecule has 1 aliphatic heterocycles. The van der Waals surface area contributed by atoms with Crippen LogP contribution in [0.25, 0.3) is 0 Å². The van der Waals surface area contributed by atoms with Crippen LogP contribution in [-0.2, 0) is 12.1 Å². The smallest absolute Gasteiger partial charge is 0.113 e. The van der Waals surface area contributed by atoms with Gasteiger partial charge in [0.25, 0.3) is 0 Å². The van der Waals surface area contributed by atoms with Gasteiger partial charge in [0.1, 0.15) is 5.01 Å². The van der Waals surface area contributed by atoms with Crippen LogP contribution in [0.5, 0.6) is 0 Å². The number of hydrogen-bond donors (Lipinski definition) is 3. The molecule has 0 spiro atoms. The predicted molar refractivity (Wildman–Crippen MR) is 70.5 cm³/mol. The zero-order chi connectivity index (χ0) is 10.0. The number of aliphatic hydroxyl groups excluding tert-OH is 1. The second kappa shape index (κ2) is 6.74. The topological polar surface area (TPSA) is 71.2 Å². The molecule has 0 bridgehead atoms. The van der Waals surface area contributed by atoms with Gasteiger partial charge in [-0.1, -0.05) is 0 Å². The summed E-state index contributed by atoms with van der Waals surface area (Å²) >= 11 is 1.56. The minimum absolute atomic E-state index is 0. The third kappa shape index (κ3) is 3.29. The fraction of sp³-hybridized carbons (Fsp3) is 0.667. The molecule has 1 saturated heterocycles. The Hall–Kier alpha value is 0.0900. The number of nitrogens with two attached hydrogens (primary N) is 1. The zero-order valence-electron chi connectivity index (χ0n) is 8.81. The monoisotopic (exact) mass is 285 g/mol. The number of nitrogens with zero attached hydrogens (tertiary/aromatic N) is 1. The second-order valence-corrected chi connectivity index (χ2v) is 4.57. The van der Waals surface area contributed by atoms with Crippen molar-refractivity contribution >= 4 is 36.2 Å². The van der Waals surface area contributed by atoms with Gasteiger partial charge in [-0.05, 0) is 25.9 Å². The molecule has 94 valence electrons. The van der Waals surface area contributed by atoms with Gasteiger partial charge < -0.3 is 16.2 Å². The van der Waals surface area contributed by atoms with E-state index in [1.807, 2.05) is 5.38 Å². The van der Waals surface area contributed by atoms with Crippen LogP contribution in [0.3, 0.4) is 0 Å². The molecule has 2 rings (SSSR count). The second-order valence-electron chi connectivity index (χ2n) is 3.71. The molecule has 0 amide bonds. The van der Waals surface area contributed by atoms with E-state index in [2.05, 4.69) is 10.3 Å². The molecular formula is C9H17Cl2N3OS. The molecular weight excluding hydrogens is 269 g/mol. The average molecular weight is 286 g/mol. The molecule has 4 nitrogen and oxygen atoms in total. The molecule has 0 aromatic carbocycles. The largest absolute Gasteiger partial charge is 0.390 e. The normalized spacial score (nSPS) is 18.4. The summed E-state index contributed by atoms with van der Waals surface area (Å²) < 4.78 is 0. The maximum Gasteiger partial charge on any atom is 0.113 e. The maximum atomic E-state index is 8.92. The van der Waals surface area contributed by atoms with Gasteiger partial charge in [-0.3, -0.25) is 0 Å². The number of piperidine rings is 1. The van der Waals surface area contributed by atoms with E-state index in [1.54, 1.807) is 11.3 Å². The number of hydrogen-bond acceptors (Lipinski definition) is 5. The highest BCUT2D eigenvalue weighted by molar-refractivity contribution is 7.09. The van der Waals surface area contributed by atoms with Gasteiger partial charge in [0.15, 0.2) is 0 Å².